The molecule has 1 saturated heterocycles. The van der Waals surface area contributed by atoms with Crippen LogP contribution in [-0.4, -0.2) is 59.0 Å². The lowest BCUT2D eigenvalue weighted by molar-refractivity contribution is 0.0197. The maximum absolute atomic E-state index is 12.2. The number of ether oxygens (including phenoxy) is 1. The standard InChI is InChI=1S/C16H22BrN5O3/c1-16(2,3)25-15(24)21-4-5-22(10(8-21)9-23)14-13(17)11(6-18)12(19)7-20-14/h7,10,23H,4-5,8-9,19H2,1-3H3/t10-/m1/s1. The van der Waals surface area contributed by atoms with Crippen LogP contribution in [0.25, 0.3) is 0 Å². The number of nitriles is 1. The minimum absolute atomic E-state index is 0.167. The number of rotatable bonds is 2. The molecule has 2 heterocycles. The first kappa shape index (κ1) is 19.3. The van der Waals surface area contributed by atoms with Crippen LogP contribution in [0.5, 0.6) is 0 Å². The summed E-state index contributed by atoms with van der Waals surface area (Å²) in [5.41, 5.74) is 5.77. The third kappa shape index (κ3) is 4.32. The number of anilines is 2. The van der Waals surface area contributed by atoms with E-state index < -0.39 is 11.7 Å². The monoisotopic (exact) mass is 411 g/mol. The zero-order chi connectivity index (χ0) is 18.8. The van der Waals surface area contributed by atoms with Gasteiger partial charge in [0.15, 0.2) is 0 Å². The molecule has 0 saturated carbocycles. The summed E-state index contributed by atoms with van der Waals surface area (Å²) in [6, 6.07) is 1.68. The molecule has 1 aliphatic rings. The first-order valence-corrected chi connectivity index (χ1v) is 8.66. The number of carbonyl (C=O) groups excluding carboxylic acids is 1. The number of piperazine rings is 1. The Labute approximate surface area is 155 Å². The number of pyridine rings is 1. The Morgan fingerprint density at radius 2 is 2.24 bits per heavy atom. The lowest BCUT2D eigenvalue weighted by Gasteiger charge is -2.41. The Morgan fingerprint density at radius 3 is 2.80 bits per heavy atom. The van der Waals surface area contributed by atoms with E-state index in [9.17, 15) is 15.2 Å². The summed E-state index contributed by atoms with van der Waals surface area (Å²) in [5, 5.41) is 19.0. The lowest BCUT2D eigenvalue weighted by atomic mass is 10.1. The van der Waals surface area contributed by atoms with Gasteiger partial charge < -0.3 is 25.4 Å². The second kappa shape index (κ2) is 7.45. The number of nitrogens with two attached hydrogens (primary N) is 1. The van der Waals surface area contributed by atoms with Crippen molar-refractivity contribution in [2.45, 2.75) is 32.4 Å². The fourth-order valence-corrected chi connectivity index (χ4v) is 3.23. The zero-order valence-electron chi connectivity index (χ0n) is 14.5. The smallest absolute Gasteiger partial charge is 0.410 e. The van der Waals surface area contributed by atoms with Crippen molar-refractivity contribution in [3.63, 3.8) is 0 Å². The molecule has 0 aromatic carbocycles. The third-order valence-corrected chi connectivity index (χ3v) is 4.51. The van der Waals surface area contributed by atoms with E-state index in [2.05, 4.69) is 20.9 Å². The van der Waals surface area contributed by atoms with Gasteiger partial charge in [0.2, 0.25) is 0 Å². The summed E-state index contributed by atoms with van der Waals surface area (Å²) in [4.78, 5) is 20.0. The first-order valence-electron chi connectivity index (χ1n) is 7.87. The molecule has 0 unspecified atom stereocenters. The summed E-state index contributed by atoms with van der Waals surface area (Å²) >= 11 is 3.37. The van der Waals surface area contributed by atoms with Crippen LogP contribution < -0.4 is 10.6 Å². The van der Waals surface area contributed by atoms with E-state index in [-0.39, 0.29) is 18.3 Å². The van der Waals surface area contributed by atoms with Crippen molar-refractivity contribution in [2.24, 2.45) is 0 Å². The topological polar surface area (TPSA) is 116 Å². The van der Waals surface area contributed by atoms with Gasteiger partial charge in [-0.1, -0.05) is 0 Å². The highest BCUT2D eigenvalue weighted by Gasteiger charge is 2.33. The van der Waals surface area contributed by atoms with Crippen molar-refractivity contribution < 1.29 is 14.6 Å². The van der Waals surface area contributed by atoms with Crippen LogP contribution in [0.1, 0.15) is 26.3 Å². The Bertz CT molecular complexity index is 698. The summed E-state index contributed by atoms with van der Waals surface area (Å²) < 4.78 is 5.87. The van der Waals surface area contributed by atoms with Gasteiger partial charge in [0.25, 0.3) is 0 Å². The Morgan fingerprint density at radius 1 is 1.56 bits per heavy atom. The Kier molecular flexibility index (Phi) is 5.75. The summed E-state index contributed by atoms with van der Waals surface area (Å²) in [6.45, 7) is 6.43. The molecule has 1 amide bonds. The van der Waals surface area contributed by atoms with Gasteiger partial charge in [-0.3, -0.25) is 0 Å². The second-order valence-corrected chi connectivity index (χ2v) is 7.59. The van der Waals surface area contributed by atoms with Crippen molar-refractivity contribution in [1.82, 2.24) is 9.88 Å². The van der Waals surface area contributed by atoms with Gasteiger partial charge in [0.05, 0.1) is 34.6 Å². The van der Waals surface area contributed by atoms with Crippen LogP contribution in [0, 0.1) is 11.3 Å². The average molecular weight is 412 g/mol. The van der Waals surface area contributed by atoms with E-state index >= 15 is 0 Å². The molecule has 0 aliphatic carbocycles. The number of nitrogens with zero attached hydrogens (tertiary/aromatic N) is 4. The zero-order valence-corrected chi connectivity index (χ0v) is 16.1. The molecule has 1 aliphatic heterocycles. The molecule has 3 N–H and O–H groups in total. The molecule has 0 spiro atoms. The minimum atomic E-state index is -0.577. The predicted octanol–water partition coefficient (Wildman–Crippen LogP) is 1.72. The molecule has 0 bridgehead atoms. The van der Waals surface area contributed by atoms with Gasteiger partial charge in [-0.25, -0.2) is 9.78 Å². The van der Waals surface area contributed by atoms with Gasteiger partial charge >= 0.3 is 6.09 Å². The highest BCUT2D eigenvalue weighted by atomic mass is 79.9. The Hall–Kier alpha value is -2.05. The molecule has 0 radical (unpaired) electrons. The van der Waals surface area contributed by atoms with Crippen molar-refractivity contribution in [1.29, 1.82) is 5.26 Å². The van der Waals surface area contributed by atoms with E-state index in [1.807, 2.05) is 31.7 Å². The van der Waals surface area contributed by atoms with Crippen molar-refractivity contribution in [2.75, 3.05) is 36.9 Å². The molecule has 9 heteroatoms. The molecule has 1 aromatic heterocycles. The van der Waals surface area contributed by atoms with Crippen LogP contribution in [0.2, 0.25) is 0 Å². The van der Waals surface area contributed by atoms with Crippen molar-refractivity contribution in [3.05, 3.63) is 16.2 Å². The number of hydrogen-bond donors (Lipinski definition) is 2. The van der Waals surface area contributed by atoms with Crippen LogP contribution in [0.3, 0.4) is 0 Å². The number of aliphatic hydroxyl groups is 1. The summed E-state index contributed by atoms with van der Waals surface area (Å²) in [6.07, 6.45) is 1.01. The van der Waals surface area contributed by atoms with Gasteiger partial charge in [-0.05, 0) is 36.7 Å². The molecule has 8 nitrogen and oxygen atoms in total. The van der Waals surface area contributed by atoms with Crippen molar-refractivity contribution in [3.8, 4) is 6.07 Å². The average Bonchev–Trinajstić information content (AvgIpc) is 2.53. The minimum Gasteiger partial charge on any atom is -0.444 e. The number of hydrogen-bond acceptors (Lipinski definition) is 7. The molecule has 25 heavy (non-hydrogen) atoms. The fourth-order valence-electron chi connectivity index (χ4n) is 2.59. The molecule has 1 atom stereocenters. The SMILES string of the molecule is CC(C)(C)OC(=O)N1CCN(c2ncc(N)c(C#N)c2Br)[C@@H](CO)C1. The second-order valence-electron chi connectivity index (χ2n) is 6.79. The van der Waals surface area contributed by atoms with Crippen molar-refractivity contribution >= 4 is 33.5 Å². The number of amides is 1. The van der Waals surface area contributed by atoms with Gasteiger partial charge in [-0.15, -0.1) is 0 Å². The molecular weight excluding hydrogens is 390 g/mol. The van der Waals surface area contributed by atoms with Crippen LogP contribution in [-0.2, 0) is 4.74 Å². The number of nitrogen functional groups attached to an aromatic ring is 1. The van der Waals surface area contributed by atoms with Gasteiger partial charge in [-0.2, -0.15) is 5.26 Å². The largest absolute Gasteiger partial charge is 0.444 e. The van der Waals surface area contributed by atoms with Crippen LogP contribution >= 0.6 is 15.9 Å². The number of aromatic nitrogens is 1. The lowest BCUT2D eigenvalue weighted by Crippen LogP contribution is -2.57. The highest BCUT2D eigenvalue weighted by molar-refractivity contribution is 9.10. The number of aliphatic hydroxyl groups excluding tert-OH is 1. The van der Waals surface area contributed by atoms with E-state index in [0.717, 1.165) is 0 Å². The van der Waals surface area contributed by atoms with E-state index in [1.54, 1.807) is 4.90 Å². The normalized spacial score (nSPS) is 18.0. The molecule has 136 valence electrons. The predicted molar refractivity (Wildman–Crippen MR) is 97.1 cm³/mol. The van der Waals surface area contributed by atoms with E-state index in [0.29, 0.717) is 35.5 Å². The Balaban J connectivity index is 2.21. The molecular formula is C16H22BrN5O3. The highest BCUT2D eigenvalue weighted by Crippen LogP contribution is 2.32. The molecule has 1 aromatic rings. The maximum atomic E-state index is 12.2. The van der Waals surface area contributed by atoms with E-state index in [1.165, 1.54) is 6.20 Å². The fraction of sp³-hybridized carbons (Fsp3) is 0.562. The van der Waals surface area contributed by atoms with Gasteiger partial charge in [0.1, 0.15) is 17.5 Å². The number of carbonyl (C=O) groups is 1. The first-order chi connectivity index (χ1) is 11.7. The maximum Gasteiger partial charge on any atom is 0.410 e. The number of halogens is 1. The molecule has 2 rings (SSSR count). The quantitative estimate of drug-likeness (QED) is 0.760. The third-order valence-electron chi connectivity index (χ3n) is 3.76. The van der Waals surface area contributed by atoms with Crippen LogP contribution in [0.4, 0.5) is 16.3 Å². The molecule has 1 fully saturated rings. The summed E-state index contributed by atoms with van der Waals surface area (Å²) in [7, 11) is 0. The summed E-state index contributed by atoms with van der Waals surface area (Å²) in [5.74, 6) is 0.522. The van der Waals surface area contributed by atoms with E-state index in [4.69, 9.17) is 10.5 Å². The van der Waals surface area contributed by atoms with Gasteiger partial charge in [0, 0.05) is 19.6 Å². The van der Waals surface area contributed by atoms with Crippen LogP contribution in [0.15, 0.2) is 10.7 Å².